The van der Waals surface area contributed by atoms with Crippen molar-refractivity contribution in [2.75, 3.05) is 0 Å². The van der Waals surface area contributed by atoms with Gasteiger partial charge in [0.1, 0.15) is 0 Å². The molecule has 1 rings (SSSR count). The molecule has 0 saturated heterocycles. The molecule has 1 aromatic carbocycles. The molecule has 0 radical (unpaired) electrons. The van der Waals surface area contributed by atoms with E-state index in [0.717, 1.165) is 4.16 Å². The van der Waals surface area contributed by atoms with Crippen molar-refractivity contribution < 1.29 is 18.3 Å². The van der Waals surface area contributed by atoms with E-state index in [1.807, 2.05) is 12.1 Å². The molecule has 0 aliphatic rings. The van der Waals surface area contributed by atoms with Crippen molar-refractivity contribution in [3.05, 3.63) is 28.2 Å². The van der Waals surface area contributed by atoms with Crippen molar-refractivity contribution in [3.8, 4) is 0 Å². The predicted octanol–water partition coefficient (Wildman–Crippen LogP) is 3.01. The van der Waals surface area contributed by atoms with E-state index < -0.39 is 0 Å². The van der Waals surface area contributed by atoms with Crippen LogP contribution in [0.25, 0.3) is 0 Å². The van der Waals surface area contributed by atoms with Gasteiger partial charge in [0.2, 0.25) is 0 Å². The minimum atomic E-state index is 0. The van der Waals surface area contributed by atoms with E-state index in [0.29, 0.717) is 10.0 Å². The van der Waals surface area contributed by atoms with Crippen LogP contribution in [0, 0.1) is 0 Å². The molecule has 0 N–H and O–H groups in total. The first-order valence-electron chi connectivity index (χ1n) is 2.30. The molecule has 0 saturated carbocycles. The van der Waals surface area contributed by atoms with Crippen molar-refractivity contribution in [3.63, 3.8) is 0 Å². The average Bonchev–Trinajstić information content (AvgIpc) is 1.83. The van der Waals surface area contributed by atoms with Gasteiger partial charge in [-0.25, -0.2) is 0 Å². The van der Waals surface area contributed by atoms with Gasteiger partial charge in [-0.2, -0.15) is 0 Å². The average molecular weight is 320 g/mol. The molecular formula is C6H5Cl4Ru. The number of rotatable bonds is 0. The van der Waals surface area contributed by atoms with Gasteiger partial charge in [0.05, 0.1) is 0 Å². The van der Waals surface area contributed by atoms with E-state index in [1.54, 1.807) is 6.07 Å². The molecule has 5 heteroatoms. The number of hydrogen-bond donors (Lipinski definition) is 0. The van der Waals surface area contributed by atoms with Gasteiger partial charge in [0.25, 0.3) is 0 Å². The summed E-state index contributed by atoms with van der Waals surface area (Å²) in [6.45, 7) is 0. The molecule has 0 aliphatic heterocycles. The molecule has 0 heterocycles. The molecule has 0 aliphatic carbocycles. The van der Waals surface area contributed by atoms with Gasteiger partial charge in [0, 0.05) is 0 Å². The Hall–Kier alpha value is 1.00. The SMILES string of the molecule is Cl.Cl.Clc1ccc[c]([Ru])c1Cl. The summed E-state index contributed by atoms with van der Waals surface area (Å²) < 4.78 is 0.948. The van der Waals surface area contributed by atoms with Gasteiger partial charge in [0.15, 0.2) is 0 Å². The van der Waals surface area contributed by atoms with Crippen LogP contribution < -0.4 is 4.16 Å². The molecule has 0 fully saturated rings. The fraction of sp³-hybridized carbons (Fsp3) is 0. The zero-order valence-electron chi connectivity index (χ0n) is 5.16. The third-order valence-electron chi connectivity index (χ3n) is 0.895. The third-order valence-corrected chi connectivity index (χ3v) is 2.69. The van der Waals surface area contributed by atoms with Crippen molar-refractivity contribution in [2.45, 2.75) is 0 Å². The van der Waals surface area contributed by atoms with E-state index in [4.69, 9.17) is 23.2 Å². The molecule has 0 aromatic heterocycles. The molecule has 0 nitrogen and oxygen atoms in total. The number of benzene rings is 1. The van der Waals surface area contributed by atoms with Crippen LogP contribution in [-0.2, 0) is 18.3 Å². The van der Waals surface area contributed by atoms with Crippen LogP contribution in [0.5, 0.6) is 0 Å². The standard InChI is InChI=1S/C6H3Cl2.2ClH.Ru/c7-5-3-1-2-4-6(5)8;;;/h1-3H;2*1H;. The van der Waals surface area contributed by atoms with Crippen LogP contribution in [0.2, 0.25) is 10.0 Å². The molecule has 0 bridgehead atoms. The van der Waals surface area contributed by atoms with E-state index in [2.05, 4.69) is 18.3 Å². The summed E-state index contributed by atoms with van der Waals surface area (Å²) in [5.41, 5.74) is 0. The van der Waals surface area contributed by atoms with Gasteiger partial charge in [-0.1, -0.05) is 0 Å². The maximum absolute atomic E-state index is 5.73. The second-order valence-electron chi connectivity index (χ2n) is 1.52. The topological polar surface area (TPSA) is 0 Å². The van der Waals surface area contributed by atoms with Gasteiger partial charge in [-0.15, -0.1) is 24.8 Å². The van der Waals surface area contributed by atoms with Crippen LogP contribution in [0.3, 0.4) is 0 Å². The van der Waals surface area contributed by atoms with Gasteiger partial charge in [-0.3, -0.25) is 0 Å². The summed E-state index contributed by atoms with van der Waals surface area (Å²) in [4.78, 5) is 0. The second-order valence-corrected chi connectivity index (χ2v) is 3.24. The maximum atomic E-state index is 5.73. The van der Waals surface area contributed by atoms with Gasteiger partial charge in [-0.05, 0) is 0 Å². The summed E-state index contributed by atoms with van der Waals surface area (Å²) in [6, 6.07) is 5.52. The zero-order chi connectivity index (χ0) is 6.85. The van der Waals surface area contributed by atoms with Crippen molar-refractivity contribution in [1.82, 2.24) is 0 Å². The quantitative estimate of drug-likeness (QED) is 0.645. The fourth-order valence-corrected chi connectivity index (χ4v) is 1.30. The van der Waals surface area contributed by atoms with Crippen molar-refractivity contribution in [2.24, 2.45) is 0 Å². The molecule has 0 spiro atoms. The molecule has 0 atom stereocenters. The second kappa shape index (κ2) is 6.51. The van der Waals surface area contributed by atoms with Gasteiger partial charge < -0.3 is 0 Å². The van der Waals surface area contributed by atoms with Crippen LogP contribution in [-0.4, -0.2) is 0 Å². The normalized spacial score (nSPS) is 7.91. The molecule has 65 valence electrons. The molecule has 11 heavy (non-hydrogen) atoms. The van der Waals surface area contributed by atoms with Crippen LogP contribution >= 0.6 is 48.0 Å². The Morgan fingerprint density at radius 1 is 1.09 bits per heavy atom. The zero-order valence-corrected chi connectivity index (χ0v) is 10.0. The van der Waals surface area contributed by atoms with E-state index in [-0.39, 0.29) is 24.8 Å². The minimum absolute atomic E-state index is 0. The Balaban J connectivity index is 0. The third kappa shape index (κ3) is 3.96. The first-order valence-corrected chi connectivity index (χ1v) is 3.92. The number of halogens is 4. The molecule has 0 unspecified atom stereocenters. The molecule has 0 amide bonds. The summed E-state index contributed by atoms with van der Waals surface area (Å²) >= 11 is 13.8. The molecule has 1 aromatic rings. The van der Waals surface area contributed by atoms with Crippen LogP contribution in [0.1, 0.15) is 0 Å². The first-order chi connectivity index (χ1) is 4.22. The summed E-state index contributed by atoms with van der Waals surface area (Å²) in [7, 11) is 0. The van der Waals surface area contributed by atoms with Gasteiger partial charge >= 0.3 is 73.9 Å². The van der Waals surface area contributed by atoms with E-state index >= 15 is 0 Å². The summed E-state index contributed by atoms with van der Waals surface area (Å²) in [6.07, 6.45) is 0. The Morgan fingerprint density at radius 2 is 1.64 bits per heavy atom. The van der Waals surface area contributed by atoms with E-state index in [1.165, 1.54) is 0 Å². The van der Waals surface area contributed by atoms with Crippen molar-refractivity contribution >= 4 is 52.2 Å². The number of hydrogen-bond acceptors (Lipinski definition) is 0. The Morgan fingerprint density at radius 3 is 2.00 bits per heavy atom. The fourth-order valence-electron chi connectivity index (χ4n) is 0.472. The Bertz CT molecular complexity index is 206. The Labute approximate surface area is 98.1 Å². The molecular weight excluding hydrogens is 315 g/mol. The Kier molecular flexibility index (Phi) is 8.60. The predicted molar refractivity (Wildman–Crippen MR) is 50.6 cm³/mol. The van der Waals surface area contributed by atoms with Crippen LogP contribution in [0.4, 0.5) is 0 Å². The first kappa shape index (κ1) is 14.5. The van der Waals surface area contributed by atoms with Crippen LogP contribution in [0.15, 0.2) is 18.2 Å². The monoisotopic (exact) mass is 319 g/mol. The summed E-state index contributed by atoms with van der Waals surface area (Å²) in [5.74, 6) is 0. The van der Waals surface area contributed by atoms with Crippen molar-refractivity contribution in [1.29, 1.82) is 0 Å². The summed E-state index contributed by atoms with van der Waals surface area (Å²) in [5, 5.41) is 1.23. The van der Waals surface area contributed by atoms with E-state index in [9.17, 15) is 0 Å².